The largest absolute Gasteiger partial charge is 0.349 e. The SMILES string of the molecule is S=C(Nc1ccccc1)N1CCCC1. The molecule has 1 saturated heterocycles. The molecule has 0 aromatic heterocycles. The minimum atomic E-state index is 0.855. The van der Waals surface area contributed by atoms with Gasteiger partial charge < -0.3 is 10.2 Å². The van der Waals surface area contributed by atoms with Gasteiger partial charge in [0, 0.05) is 18.8 Å². The molecule has 1 aliphatic heterocycles. The molecule has 1 fully saturated rings. The second kappa shape index (κ2) is 4.42. The van der Waals surface area contributed by atoms with Gasteiger partial charge in [-0.1, -0.05) is 18.2 Å². The van der Waals surface area contributed by atoms with E-state index in [0.29, 0.717) is 0 Å². The van der Waals surface area contributed by atoms with Crippen LogP contribution in [0.5, 0.6) is 0 Å². The highest BCUT2D eigenvalue weighted by Crippen LogP contribution is 2.11. The molecule has 0 atom stereocenters. The zero-order valence-electron chi connectivity index (χ0n) is 8.07. The molecule has 74 valence electrons. The van der Waals surface area contributed by atoms with E-state index in [1.165, 1.54) is 12.8 Å². The molecule has 1 aromatic rings. The number of nitrogens with zero attached hydrogens (tertiary/aromatic N) is 1. The van der Waals surface area contributed by atoms with Gasteiger partial charge in [-0.05, 0) is 37.2 Å². The van der Waals surface area contributed by atoms with Crippen LogP contribution in [0, 0.1) is 0 Å². The third-order valence-corrected chi connectivity index (χ3v) is 2.78. The number of hydrogen-bond acceptors (Lipinski definition) is 1. The summed E-state index contributed by atoms with van der Waals surface area (Å²) in [6.07, 6.45) is 2.52. The molecule has 0 spiro atoms. The first-order valence-corrected chi connectivity index (χ1v) is 5.38. The molecule has 1 heterocycles. The Bertz CT molecular complexity index is 304. The number of thiocarbonyl (C=S) groups is 1. The highest BCUT2D eigenvalue weighted by molar-refractivity contribution is 7.80. The summed E-state index contributed by atoms with van der Waals surface area (Å²) in [5.41, 5.74) is 1.07. The van der Waals surface area contributed by atoms with E-state index >= 15 is 0 Å². The molecule has 1 N–H and O–H groups in total. The molecule has 14 heavy (non-hydrogen) atoms. The Kier molecular flexibility index (Phi) is 2.99. The zero-order valence-corrected chi connectivity index (χ0v) is 8.89. The first kappa shape index (κ1) is 9.46. The van der Waals surface area contributed by atoms with Crippen LogP contribution in [0.4, 0.5) is 5.69 Å². The summed E-state index contributed by atoms with van der Waals surface area (Å²) in [5.74, 6) is 0. The maximum Gasteiger partial charge on any atom is 0.173 e. The Morgan fingerprint density at radius 2 is 1.79 bits per heavy atom. The molecule has 0 radical (unpaired) electrons. The summed E-state index contributed by atoms with van der Waals surface area (Å²) < 4.78 is 0. The van der Waals surface area contributed by atoms with Crippen LogP contribution in [-0.2, 0) is 0 Å². The zero-order chi connectivity index (χ0) is 9.80. The maximum absolute atomic E-state index is 5.31. The Morgan fingerprint density at radius 3 is 2.43 bits per heavy atom. The fourth-order valence-electron chi connectivity index (χ4n) is 1.64. The predicted octanol–water partition coefficient (Wildman–Crippen LogP) is 2.48. The minimum Gasteiger partial charge on any atom is -0.349 e. The van der Waals surface area contributed by atoms with E-state index in [1.54, 1.807) is 0 Å². The summed E-state index contributed by atoms with van der Waals surface area (Å²) in [6, 6.07) is 10.1. The molecule has 0 amide bonds. The maximum atomic E-state index is 5.31. The van der Waals surface area contributed by atoms with Gasteiger partial charge in [0.05, 0.1) is 0 Å². The monoisotopic (exact) mass is 206 g/mol. The van der Waals surface area contributed by atoms with Gasteiger partial charge in [0.1, 0.15) is 0 Å². The molecule has 1 aromatic carbocycles. The van der Waals surface area contributed by atoms with Crippen molar-refractivity contribution < 1.29 is 0 Å². The Hall–Kier alpha value is -1.09. The lowest BCUT2D eigenvalue weighted by atomic mass is 10.3. The normalized spacial score (nSPS) is 15.6. The topological polar surface area (TPSA) is 15.3 Å². The van der Waals surface area contributed by atoms with Crippen LogP contribution in [0.15, 0.2) is 30.3 Å². The number of benzene rings is 1. The molecular formula is C11H14N2S. The standard InChI is InChI=1S/C11H14N2S/c14-11(13-8-4-5-9-13)12-10-6-2-1-3-7-10/h1-3,6-7H,4-5,8-9H2,(H,12,14). The molecular weight excluding hydrogens is 192 g/mol. The number of hydrogen-bond donors (Lipinski definition) is 1. The van der Waals surface area contributed by atoms with E-state index in [4.69, 9.17) is 12.2 Å². The molecule has 0 unspecified atom stereocenters. The lowest BCUT2D eigenvalue weighted by Gasteiger charge is -2.19. The van der Waals surface area contributed by atoms with Gasteiger partial charge in [-0.3, -0.25) is 0 Å². The predicted molar refractivity (Wildman–Crippen MR) is 63.5 cm³/mol. The molecule has 3 heteroatoms. The van der Waals surface area contributed by atoms with Crippen LogP contribution in [0.25, 0.3) is 0 Å². The average Bonchev–Trinajstić information content (AvgIpc) is 2.72. The summed E-state index contributed by atoms with van der Waals surface area (Å²) in [6.45, 7) is 2.19. The summed E-state index contributed by atoms with van der Waals surface area (Å²) in [4.78, 5) is 2.22. The van der Waals surface area contributed by atoms with Crippen molar-refractivity contribution in [1.29, 1.82) is 0 Å². The Labute approximate surface area is 89.9 Å². The fourth-order valence-corrected chi connectivity index (χ4v) is 1.94. The van der Waals surface area contributed by atoms with Gasteiger partial charge in [-0.25, -0.2) is 0 Å². The number of nitrogens with one attached hydrogen (secondary N) is 1. The van der Waals surface area contributed by atoms with Crippen LogP contribution < -0.4 is 5.32 Å². The van der Waals surface area contributed by atoms with Crippen LogP contribution in [0.3, 0.4) is 0 Å². The fraction of sp³-hybridized carbons (Fsp3) is 0.364. The third-order valence-electron chi connectivity index (χ3n) is 2.42. The number of likely N-dealkylation sites (tertiary alicyclic amines) is 1. The Balaban J connectivity index is 1.94. The van der Waals surface area contributed by atoms with Gasteiger partial charge in [0.2, 0.25) is 0 Å². The molecule has 2 nitrogen and oxygen atoms in total. The van der Waals surface area contributed by atoms with Gasteiger partial charge in [-0.15, -0.1) is 0 Å². The lowest BCUT2D eigenvalue weighted by molar-refractivity contribution is 0.528. The second-order valence-corrected chi connectivity index (χ2v) is 3.88. The van der Waals surface area contributed by atoms with Crippen molar-refractivity contribution >= 4 is 23.0 Å². The van der Waals surface area contributed by atoms with Crippen LogP contribution >= 0.6 is 12.2 Å². The highest BCUT2D eigenvalue weighted by atomic mass is 32.1. The summed E-state index contributed by atoms with van der Waals surface area (Å²) in [7, 11) is 0. The number of para-hydroxylation sites is 1. The van der Waals surface area contributed by atoms with Crippen LogP contribution in [0.1, 0.15) is 12.8 Å². The van der Waals surface area contributed by atoms with E-state index in [9.17, 15) is 0 Å². The van der Waals surface area contributed by atoms with Gasteiger partial charge >= 0.3 is 0 Å². The number of rotatable bonds is 1. The molecule has 1 aliphatic rings. The summed E-state index contributed by atoms with van der Waals surface area (Å²) in [5, 5.41) is 4.10. The Morgan fingerprint density at radius 1 is 1.14 bits per heavy atom. The van der Waals surface area contributed by atoms with E-state index < -0.39 is 0 Å². The van der Waals surface area contributed by atoms with Gasteiger partial charge in [0.25, 0.3) is 0 Å². The van der Waals surface area contributed by atoms with E-state index in [1.807, 2.05) is 30.3 Å². The molecule has 0 aliphatic carbocycles. The smallest absolute Gasteiger partial charge is 0.173 e. The van der Waals surface area contributed by atoms with Crippen molar-refractivity contribution in [2.75, 3.05) is 18.4 Å². The van der Waals surface area contributed by atoms with Crippen molar-refractivity contribution in [3.63, 3.8) is 0 Å². The first-order chi connectivity index (χ1) is 6.86. The van der Waals surface area contributed by atoms with Crippen molar-refractivity contribution in [1.82, 2.24) is 4.90 Å². The van der Waals surface area contributed by atoms with Crippen molar-refractivity contribution in [3.8, 4) is 0 Å². The lowest BCUT2D eigenvalue weighted by Crippen LogP contribution is -2.31. The van der Waals surface area contributed by atoms with Crippen LogP contribution in [-0.4, -0.2) is 23.1 Å². The van der Waals surface area contributed by atoms with Crippen molar-refractivity contribution in [2.45, 2.75) is 12.8 Å². The third kappa shape index (κ3) is 2.23. The average molecular weight is 206 g/mol. The molecule has 0 bridgehead atoms. The summed E-state index contributed by atoms with van der Waals surface area (Å²) >= 11 is 5.31. The second-order valence-electron chi connectivity index (χ2n) is 3.49. The molecule has 0 saturated carbocycles. The van der Waals surface area contributed by atoms with Gasteiger partial charge in [0.15, 0.2) is 5.11 Å². The molecule has 2 rings (SSSR count). The van der Waals surface area contributed by atoms with E-state index in [-0.39, 0.29) is 0 Å². The van der Waals surface area contributed by atoms with Crippen molar-refractivity contribution in [2.24, 2.45) is 0 Å². The first-order valence-electron chi connectivity index (χ1n) is 4.97. The van der Waals surface area contributed by atoms with E-state index in [2.05, 4.69) is 10.2 Å². The highest BCUT2D eigenvalue weighted by Gasteiger charge is 2.14. The van der Waals surface area contributed by atoms with Gasteiger partial charge in [-0.2, -0.15) is 0 Å². The quantitative estimate of drug-likeness (QED) is 0.711. The van der Waals surface area contributed by atoms with E-state index in [0.717, 1.165) is 23.9 Å². The van der Waals surface area contributed by atoms with Crippen LogP contribution in [0.2, 0.25) is 0 Å². The van der Waals surface area contributed by atoms with Crippen molar-refractivity contribution in [3.05, 3.63) is 30.3 Å². The minimum absolute atomic E-state index is 0.855. The number of anilines is 1.